The van der Waals surface area contributed by atoms with Gasteiger partial charge in [0.15, 0.2) is 11.9 Å². The molecule has 1 atom stereocenters. The van der Waals surface area contributed by atoms with Gasteiger partial charge >= 0.3 is 5.97 Å². The first-order valence-electron chi connectivity index (χ1n) is 12.4. The lowest BCUT2D eigenvalue weighted by Gasteiger charge is -2.33. The van der Waals surface area contributed by atoms with Crippen molar-refractivity contribution in [1.29, 1.82) is 0 Å². The predicted octanol–water partition coefficient (Wildman–Crippen LogP) is 4.03. The van der Waals surface area contributed by atoms with E-state index in [1.807, 2.05) is 24.3 Å². The van der Waals surface area contributed by atoms with Crippen LogP contribution in [0.15, 0.2) is 60.9 Å². The molecule has 1 fully saturated rings. The van der Waals surface area contributed by atoms with Crippen molar-refractivity contribution in [2.75, 3.05) is 13.1 Å². The molecule has 1 N–H and O–H groups in total. The predicted molar refractivity (Wildman–Crippen MR) is 138 cm³/mol. The lowest BCUT2D eigenvalue weighted by molar-refractivity contribution is -0.157. The molecule has 1 aliphatic heterocycles. The number of amides is 1. The average Bonchev–Trinajstić information content (AvgIpc) is 3.37. The number of aromatic nitrogens is 4. The highest BCUT2D eigenvalue weighted by atomic mass is 16.5. The van der Waals surface area contributed by atoms with Crippen molar-refractivity contribution in [2.45, 2.75) is 38.7 Å². The zero-order chi connectivity index (χ0) is 26.6. The summed E-state index contributed by atoms with van der Waals surface area (Å²) in [6, 6.07) is 14.3. The first-order valence-corrected chi connectivity index (χ1v) is 12.4. The van der Waals surface area contributed by atoms with Crippen LogP contribution in [0.5, 0.6) is 11.6 Å². The Bertz CT molecular complexity index is 1440. The van der Waals surface area contributed by atoms with Crippen molar-refractivity contribution in [1.82, 2.24) is 24.8 Å². The fraction of sp³-hybridized carbons (Fsp3) is 0.286. The minimum atomic E-state index is -0.804. The summed E-state index contributed by atoms with van der Waals surface area (Å²) >= 11 is 0. The molecule has 4 aromatic rings. The molecule has 194 valence electrons. The quantitative estimate of drug-likeness (QED) is 0.290. The number of rotatable bonds is 7. The van der Waals surface area contributed by atoms with Crippen LogP contribution in [-0.4, -0.2) is 61.7 Å². The summed E-state index contributed by atoms with van der Waals surface area (Å²) in [5.74, 6) is 0.361. The van der Waals surface area contributed by atoms with Crippen LogP contribution < -0.4 is 4.74 Å². The molecule has 0 saturated carbocycles. The minimum absolute atomic E-state index is 0.0562. The highest BCUT2D eigenvalue weighted by molar-refractivity contribution is 6.08. The van der Waals surface area contributed by atoms with Crippen LogP contribution in [0.25, 0.3) is 11.0 Å². The summed E-state index contributed by atoms with van der Waals surface area (Å²) < 4.78 is 11.1. The first kappa shape index (κ1) is 25.1. The summed E-state index contributed by atoms with van der Waals surface area (Å²) in [6.45, 7) is 3.91. The van der Waals surface area contributed by atoms with Gasteiger partial charge in [0, 0.05) is 43.9 Å². The number of imidazole rings is 1. The Morgan fingerprint density at radius 1 is 1.00 bits per heavy atom. The number of hydrogen-bond acceptors (Lipinski definition) is 8. The minimum Gasteiger partial charge on any atom is -0.453 e. The SMILES string of the molecule is CC(=O)OC(C)C(=O)N1CCC(c2nccnc2Oc2ccc(C(=O)c3nc4ccccc4[nH]3)cc2)CC1. The number of piperidine rings is 1. The third kappa shape index (κ3) is 5.39. The molecule has 10 nitrogen and oxygen atoms in total. The normalized spacial score (nSPS) is 14.7. The van der Waals surface area contributed by atoms with E-state index in [0.717, 1.165) is 16.7 Å². The number of H-pyrrole nitrogens is 1. The van der Waals surface area contributed by atoms with Gasteiger partial charge in [-0.05, 0) is 56.2 Å². The van der Waals surface area contributed by atoms with Crippen LogP contribution in [0, 0.1) is 0 Å². The van der Waals surface area contributed by atoms with Gasteiger partial charge in [-0.15, -0.1) is 0 Å². The summed E-state index contributed by atoms with van der Waals surface area (Å²) in [7, 11) is 0. The second kappa shape index (κ2) is 10.8. The molecular formula is C28H27N5O5. The third-order valence-electron chi connectivity index (χ3n) is 6.51. The number of fused-ring (bicyclic) bond motifs is 1. The third-order valence-corrected chi connectivity index (χ3v) is 6.51. The lowest BCUT2D eigenvalue weighted by atomic mass is 9.93. The molecule has 38 heavy (non-hydrogen) atoms. The second-order valence-corrected chi connectivity index (χ2v) is 9.16. The molecule has 0 bridgehead atoms. The summed E-state index contributed by atoms with van der Waals surface area (Å²) in [5, 5.41) is 0. The van der Waals surface area contributed by atoms with E-state index in [9.17, 15) is 14.4 Å². The van der Waals surface area contributed by atoms with Gasteiger partial charge in [-0.1, -0.05) is 12.1 Å². The Balaban J connectivity index is 1.24. The van der Waals surface area contributed by atoms with Crippen molar-refractivity contribution >= 4 is 28.7 Å². The number of esters is 1. The number of aromatic amines is 1. The Hall–Kier alpha value is -4.60. The number of para-hydroxylation sites is 2. The molecule has 0 radical (unpaired) electrons. The molecule has 1 aliphatic rings. The molecule has 1 saturated heterocycles. The maximum Gasteiger partial charge on any atom is 0.303 e. The van der Waals surface area contributed by atoms with Crippen LogP contribution in [0.4, 0.5) is 0 Å². The van der Waals surface area contributed by atoms with Crippen molar-refractivity contribution in [2.24, 2.45) is 0 Å². The molecule has 3 heterocycles. The molecule has 10 heteroatoms. The van der Waals surface area contributed by atoms with Crippen molar-refractivity contribution < 1.29 is 23.9 Å². The van der Waals surface area contributed by atoms with Crippen molar-refractivity contribution in [3.05, 3.63) is 78.0 Å². The van der Waals surface area contributed by atoms with E-state index in [2.05, 4.69) is 19.9 Å². The largest absolute Gasteiger partial charge is 0.453 e. The zero-order valence-corrected chi connectivity index (χ0v) is 21.1. The fourth-order valence-corrected chi connectivity index (χ4v) is 4.61. The van der Waals surface area contributed by atoms with Gasteiger partial charge in [0.25, 0.3) is 5.91 Å². The Morgan fingerprint density at radius 3 is 2.42 bits per heavy atom. The number of carbonyl (C=O) groups is 3. The van der Waals surface area contributed by atoms with Crippen molar-refractivity contribution in [3.8, 4) is 11.6 Å². The number of ketones is 1. The average molecular weight is 514 g/mol. The number of likely N-dealkylation sites (tertiary alicyclic amines) is 1. The molecule has 2 aromatic carbocycles. The summed E-state index contributed by atoms with van der Waals surface area (Å²) in [6.07, 6.45) is 3.74. The maximum absolute atomic E-state index is 12.9. The maximum atomic E-state index is 12.9. The Morgan fingerprint density at radius 2 is 1.71 bits per heavy atom. The number of hydrogen-bond donors (Lipinski definition) is 1. The van der Waals surface area contributed by atoms with E-state index in [-0.39, 0.29) is 23.4 Å². The zero-order valence-electron chi connectivity index (χ0n) is 21.1. The van der Waals surface area contributed by atoms with Gasteiger partial charge < -0.3 is 19.4 Å². The highest BCUT2D eigenvalue weighted by Gasteiger charge is 2.30. The Labute approximate surface area is 219 Å². The number of nitrogens with one attached hydrogen (secondary N) is 1. The van der Waals surface area contributed by atoms with Gasteiger partial charge in [0.1, 0.15) is 11.4 Å². The van der Waals surface area contributed by atoms with Gasteiger partial charge in [-0.3, -0.25) is 19.4 Å². The smallest absolute Gasteiger partial charge is 0.303 e. The van der Waals surface area contributed by atoms with E-state index in [1.165, 1.54) is 6.92 Å². The number of ether oxygens (including phenoxy) is 2. The van der Waals surface area contributed by atoms with Crippen LogP contribution in [-0.2, 0) is 14.3 Å². The highest BCUT2D eigenvalue weighted by Crippen LogP contribution is 2.34. The van der Waals surface area contributed by atoms with E-state index in [4.69, 9.17) is 9.47 Å². The first-order chi connectivity index (χ1) is 18.4. The van der Waals surface area contributed by atoms with Gasteiger partial charge in [0.05, 0.1) is 11.0 Å². The molecule has 1 unspecified atom stereocenters. The van der Waals surface area contributed by atoms with E-state index in [0.29, 0.717) is 43.1 Å². The van der Waals surface area contributed by atoms with Crippen LogP contribution >= 0.6 is 0 Å². The fourth-order valence-electron chi connectivity index (χ4n) is 4.61. The molecule has 2 aromatic heterocycles. The van der Waals surface area contributed by atoms with E-state index >= 15 is 0 Å². The molecule has 0 aliphatic carbocycles. The van der Waals surface area contributed by atoms with Crippen LogP contribution in [0.3, 0.4) is 0 Å². The lowest BCUT2D eigenvalue weighted by Crippen LogP contribution is -2.44. The van der Waals surface area contributed by atoms with Crippen LogP contribution in [0.2, 0.25) is 0 Å². The van der Waals surface area contributed by atoms with Gasteiger partial charge in [0.2, 0.25) is 11.7 Å². The monoisotopic (exact) mass is 513 g/mol. The Kier molecular flexibility index (Phi) is 7.12. The van der Waals surface area contributed by atoms with E-state index < -0.39 is 12.1 Å². The molecule has 1 amide bonds. The number of nitrogens with zero attached hydrogens (tertiary/aromatic N) is 4. The number of carbonyl (C=O) groups excluding carboxylic acids is 3. The topological polar surface area (TPSA) is 127 Å². The number of benzene rings is 2. The molecular weight excluding hydrogens is 486 g/mol. The standard InChI is InChI=1S/C28H27N5O5/c1-17(37-18(2)34)28(36)33-15-11-19(12-16-33)24-27(30-14-13-29-24)38-21-9-7-20(8-10-21)25(35)26-31-22-5-3-4-6-23(22)32-26/h3-10,13-14,17,19H,11-12,15-16H2,1-2H3,(H,31,32). The van der Waals surface area contributed by atoms with Crippen molar-refractivity contribution in [3.63, 3.8) is 0 Å². The summed E-state index contributed by atoms with van der Waals surface area (Å²) in [4.78, 5) is 54.7. The molecule has 5 rings (SSSR count). The van der Waals surface area contributed by atoms with Crippen LogP contribution in [0.1, 0.15) is 54.5 Å². The van der Waals surface area contributed by atoms with Gasteiger partial charge in [-0.25, -0.2) is 9.97 Å². The second-order valence-electron chi connectivity index (χ2n) is 9.16. The van der Waals surface area contributed by atoms with Gasteiger partial charge in [-0.2, -0.15) is 0 Å². The summed E-state index contributed by atoms with van der Waals surface area (Å²) in [5.41, 5.74) is 2.74. The van der Waals surface area contributed by atoms with E-state index in [1.54, 1.807) is 48.5 Å². The molecule has 0 spiro atoms.